The number of rotatable bonds is 2. The van der Waals surface area contributed by atoms with Crippen LogP contribution in [0.25, 0.3) is 0 Å². The van der Waals surface area contributed by atoms with Crippen LogP contribution >= 0.6 is 11.6 Å². The highest BCUT2D eigenvalue weighted by atomic mass is 35.5. The van der Waals surface area contributed by atoms with Gasteiger partial charge in [0, 0.05) is 16.8 Å². The van der Waals surface area contributed by atoms with E-state index in [1.54, 1.807) is 0 Å². The molecule has 4 rings (SSSR count). The Kier molecular flexibility index (Phi) is 1.14. The van der Waals surface area contributed by atoms with Crippen LogP contribution in [0.3, 0.4) is 0 Å². The van der Waals surface area contributed by atoms with E-state index in [2.05, 4.69) is 13.8 Å². The van der Waals surface area contributed by atoms with Crippen LogP contribution in [-0.4, -0.2) is 15.7 Å². The average Bonchev–Trinajstić information content (AvgIpc) is 2.14. The number of carbonyl (C=O) groups is 1. The maximum absolute atomic E-state index is 11.7. The maximum atomic E-state index is 11.7. The summed E-state index contributed by atoms with van der Waals surface area (Å²) in [7, 11) is 0. The van der Waals surface area contributed by atoms with E-state index in [9.17, 15) is 14.9 Å². The Balaban J connectivity index is 1.89. The second-order valence-electron chi connectivity index (χ2n) is 6.49. The van der Waals surface area contributed by atoms with Crippen LogP contribution in [0.1, 0.15) is 20.3 Å². The Morgan fingerprint density at radius 3 is 2.50 bits per heavy atom. The summed E-state index contributed by atoms with van der Waals surface area (Å²) in [6, 6.07) is 0. The zero-order valence-electron chi connectivity index (χ0n) is 9.07. The predicted octanol–water partition coefficient (Wildman–Crippen LogP) is 1.69. The molecular weight excluding hydrogens is 230 g/mol. The van der Waals surface area contributed by atoms with Crippen LogP contribution in [-0.2, 0) is 4.79 Å². The van der Waals surface area contributed by atoms with Gasteiger partial charge < -0.3 is 0 Å². The van der Waals surface area contributed by atoms with Crippen LogP contribution in [0.15, 0.2) is 0 Å². The summed E-state index contributed by atoms with van der Waals surface area (Å²) < 4.78 is 0. The fourth-order valence-electron chi connectivity index (χ4n) is 6.21. The first-order valence-electron chi connectivity index (χ1n) is 5.69. The molecule has 4 nitrogen and oxygen atoms in total. The molecule has 0 spiro atoms. The fraction of sp³-hybridized carbons (Fsp3) is 0.909. The third kappa shape index (κ3) is 0.450. The van der Waals surface area contributed by atoms with Crippen molar-refractivity contribution in [1.29, 1.82) is 0 Å². The molecular formula is C11H12ClNO3. The quantitative estimate of drug-likeness (QED) is 0.420. The van der Waals surface area contributed by atoms with E-state index in [-0.39, 0.29) is 28.1 Å². The third-order valence-electron chi connectivity index (χ3n) is 6.35. The molecule has 0 aromatic rings. The highest BCUT2D eigenvalue weighted by Gasteiger charge is 3.07. The molecule has 5 heteroatoms. The SMILES string of the molecule is CC1(C)C2C3CC4(C(=O)Cl)C1C2C34[N+](=O)[O-]. The van der Waals surface area contributed by atoms with Gasteiger partial charge in [0.1, 0.15) is 5.41 Å². The lowest BCUT2D eigenvalue weighted by atomic mass is 9.06. The first kappa shape index (κ1) is 9.40. The number of nitro groups is 1. The molecule has 16 heavy (non-hydrogen) atoms. The molecule has 86 valence electrons. The molecule has 0 N–H and O–H groups in total. The number of hydrogen-bond donors (Lipinski definition) is 0. The standard InChI is InChI=1S/C11H12ClNO3/c1-9(2)5-4-3-10(8(12)14)7(9)6(5)11(4,10)13(15)16/h4-7H,3H2,1-2H3. The van der Waals surface area contributed by atoms with Gasteiger partial charge in [0.05, 0.1) is 0 Å². The highest BCUT2D eigenvalue weighted by Crippen LogP contribution is 2.97. The van der Waals surface area contributed by atoms with Crippen molar-refractivity contribution in [3.05, 3.63) is 10.1 Å². The Labute approximate surface area is 97.5 Å². The largest absolute Gasteiger partial charge is 0.280 e. The van der Waals surface area contributed by atoms with E-state index in [0.717, 1.165) is 0 Å². The van der Waals surface area contributed by atoms with Gasteiger partial charge in [-0.3, -0.25) is 14.9 Å². The molecule has 0 radical (unpaired) electrons. The van der Waals surface area contributed by atoms with E-state index in [1.165, 1.54) is 0 Å². The smallest absolute Gasteiger partial charge is 0.242 e. The van der Waals surface area contributed by atoms with Gasteiger partial charge in [-0.15, -0.1) is 0 Å². The van der Waals surface area contributed by atoms with Crippen LogP contribution in [0.5, 0.6) is 0 Å². The van der Waals surface area contributed by atoms with E-state index in [4.69, 9.17) is 11.6 Å². The van der Waals surface area contributed by atoms with Crippen molar-refractivity contribution >= 4 is 16.8 Å². The minimum absolute atomic E-state index is 0.0793. The number of fused-ring (bicyclic) bond motifs is 2. The summed E-state index contributed by atoms with van der Waals surface area (Å²) in [6.45, 7) is 4.26. The summed E-state index contributed by atoms with van der Waals surface area (Å²) >= 11 is 5.69. The summed E-state index contributed by atoms with van der Waals surface area (Å²) in [5, 5.41) is 10.8. The van der Waals surface area contributed by atoms with Crippen molar-refractivity contribution in [2.45, 2.75) is 25.8 Å². The third-order valence-corrected chi connectivity index (χ3v) is 6.69. The van der Waals surface area contributed by atoms with E-state index in [0.29, 0.717) is 12.3 Å². The molecule has 0 amide bonds. The summed E-state index contributed by atoms with van der Waals surface area (Å²) in [5.74, 6) is 0.861. The highest BCUT2D eigenvalue weighted by molar-refractivity contribution is 6.65. The zero-order chi connectivity index (χ0) is 11.7. The molecule has 4 aliphatic carbocycles. The van der Waals surface area contributed by atoms with Crippen molar-refractivity contribution in [3.8, 4) is 0 Å². The average molecular weight is 242 g/mol. The van der Waals surface area contributed by atoms with E-state index < -0.39 is 16.2 Å². The van der Waals surface area contributed by atoms with Crippen molar-refractivity contribution in [2.75, 3.05) is 0 Å². The van der Waals surface area contributed by atoms with Crippen molar-refractivity contribution in [3.63, 3.8) is 0 Å². The predicted molar refractivity (Wildman–Crippen MR) is 55.4 cm³/mol. The first-order valence-corrected chi connectivity index (χ1v) is 6.07. The minimum atomic E-state index is -0.948. The Hall–Kier alpha value is -0.640. The van der Waals surface area contributed by atoms with Crippen LogP contribution in [0, 0.1) is 44.6 Å². The molecule has 0 aromatic carbocycles. The van der Waals surface area contributed by atoms with Crippen molar-refractivity contribution in [1.82, 2.24) is 0 Å². The number of nitrogens with zero attached hydrogens (tertiary/aromatic N) is 1. The van der Waals surface area contributed by atoms with Gasteiger partial charge in [-0.1, -0.05) is 13.8 Å². The number of halogens is 1. The second kappa shape index (κ2) is 1.94. The maximum Gasteiger partial charge on any atom is 0.242 e. The Bertz CT molecular complexity index is 468. The van der Waals surface area contributed by atoms with Gasteiger partial charge in [-0.2, -0.15) is 0 Å². The number of carbonyl (C=O) groups excluding carboxylic acids is 1. The van der Waals surface area contributed by atoms with Gasteiger partial charge in [0.25, 0.3) is 0 Å². The van der Waals surface area contributed by atoms with E-state index in [1.807, 2.05) is 0 Å². The fourth-order valence-corrected chi connectivity index (χ4v) is 6.56. The van der Waals surface area contributed by atoms with Crippen LogP contribution in [0.4, 0.5) is 0 Å². The lowest BCUT2D eigenvalue weighted by Gasteiger charge is -2.93. The van der Waals surface area contributed by atoms with Gasteiger partial charge in [-0.25, -0.2) is 0 Å². The molecule has 6 unspecified atom stereocenters. The lowest BCUT2D eigenvalue weighted by Crippen LogP contribution is -3.04. The Morgan fingerprint density at radius 2 is 2.06 bits per heavy atom. The van der Waals surface area contributed by atoms with Crippen LogP contribution in [0.2, 0.25) is 0 Å². The molecule has 0 aromatic heterocycles. The van der Waals surface area contributed by atoms with Gasteiger partial charge in [-0.05, 0) is 35.3 Å². The normalized spacial score (nSPS) is 61.7. The molecule has 0 heterocycles. The summed E-state index contributed by atoms with van der Waals surface area (Å²) in [5.41, 5.74) is -1.68. The molecule has 4 saturated carbocycles. The topological polar surface area (TPSA) is 60.2 Å². The molecule has 6 atom stereocenters. The van der Waals surface area contributed by atoms with Crippen molar-refractivity contribution in [2.24, 2.45) is 34.5 Å². The summed E-state index contributed by atoms with van der Waals surface area (Å²) in [6.07, 6.45) is 0.658. The molecule has 4 aliphatic rings. The minimum Gasteiger partial charge on any atom is -0.280 e. The molecule has 0 aliphatic heterocycles. The molecule has 4 fully saturated rings. The summed E-state index contributed by atoms with van der Waals surface area (Å²) in [4.78, 5) is 22.8. The van der Waals surface area contributed by atoms with Crippen LogP contribution < -0.4 is 0 Å². The molecule has 0 saturated heterocycles. The zero-order valence-corrected chi connectivity index (χ0v) is 9.82. The lowest BCUT2D eigenvalue weighted by molar-refractivity contribution is -0.740. The Morgan fingerprint density at radius 1 is 1.44 bits per heavy atom. The van der Waals surface area contributed by atoms with Gasteiger partial charge in [0.2, 0.25) is 10.8 Å². The first-order chi connectivity index (χ1) is 7.34. The van der Waals surface area contributed by atoms with Crippen molar-refractivity contribution < 1.29 is 9.72 Å². The van der Waals surface area contributed by atoms with E-state index >= 15 is 0 Å². The monoisotopic (exact) mass is 241 g/mol. The second-order valence-corrected chi connectivity index (χ2v) is 6.83. The van der Waals surface area contributed by atoms with Gasteiger partial charge in [0.15, 0.2) is 0 Å². The number of hydrogen-bond acceptors (Lipinski definition) is 3. The molecule has 0 bridgehead atoms. The van der Waals surface area contributed by atoms with Gasteiger partial charge >= 0.3 is 0 Å².